The van der Waals surface area contributed by atoms with Gasteiger partial charge in [0.15, 0.2) is 0 Å². The molecule has 0 unspecified atom stereocenters. The molecule has 0 aliphatic heterocycles. The fourth-order valence-electron chi connectivity index (χ4n) is 3.25. The van der Waals surface area contributed by atoms with Gasteiger partial charge in [0.1, 0.15) is 5.75 Å². The van der Waals surface area contributed by atoms with Crippen molar-refractivity contribution in [2.45, 2.75) is 43.5 Å². The minimum atomic E-state index is -3.81. The predicted molar refractivity (Wildman–Crippen MR) is 104 cm³/mol. The van der Waals surface area contributed by atoms with Gasteiger partial charge in [-0.2, -0.15) is 4.72 Å². The van der Waals surface area contributed by atoms with Crippen molar-refractivity contribution in [1.29, 1.82) is 0 Å². The number of aryl methyl sites for hydroxylation is 1. The number of fused-ring (bicyclic) bond motifs is 1. The third-order valence-electron chi connectivity index (χ3n) is 4.75. The Balaban J connectivity index is 1.70. The standard InChI is InChI=1S/C20H24N2O4S/c1-14(22-27(24,25)17-12-10-16(26-2)11-13-17)20(23)21-19-9-5-7-15-6-3-4-8-18(15)19/h5,7,9-14,22H,3-4,6,8H2,1-2H3,(H,21,23)/t14-/m1/s1. The monoisotopic (exact) mass is 388 g/mol. The summed E-state index contributed by atoms with van der Waals surface area (Å²) in [5.74, 6) is 0.180. The first-order valence-corrected chi connectivity index (χ1v) is 10.5. The molecule has 1 atom stereocenters. The molecule has 144 valence electrons. The average Bonchev–Trinajstić information content (AvgIpc) is 2.68. The molecule has 7 heteroatoms. The van der Waals surface area contributed by atoms with E-state index in [0.717, 1.165) is 36.9 Å². The minimum absolute atomic E-state index is 0.0834. The van der Waals surface area contributed by atoms with E-state index in [9.17, 15) is 13.2 Å². The number of carbonyl (C=O) groups excluding carboxylic acids is 1. The second kappa shape index (κ2) is 8.10. The van der Waals surface area contributed by atoms with Crippen molar-refractivity contribution in [3.05, 3.63) is 53.6 Å². The summed E-state index contributed by atoms with van der Waals surface area (Å²) in [6, 6.07) is 11.0. The Labute approximate surface area is 160 Å². The zero-order valence-electron chi connectivity index (χ0n) is 15.5. The van der Waals surface area contributed by atoms with E-state index in [1.165, 1.54) is 31.7 Å². The first kappa shape index (κ1) is 19.4. The molecule has 6 nitrogen and oxygen atoms in total. The summed E-state index contributed by atoms with van der Waals surface area (Å²) in [6.07, 6.45) is 4.19. The first-order chi connectivity index (χ1) is 12.9. The molecule has 0 radical (unpaired) electrons. The lowest BCUT2D eigenvalue weighted by Gasteiger charge is -2.21. The number of ether oxygens (including phenoxy) is 1. The minimum Gasteiger partial charge on any atom is -0.497 e. The molecule has 0 fully saturated rings. The van der Waals surface area contributed by atoms with Crippen LogP contribution in [0.5, 0.6) is 5.75 Å². The van der Waals surface area contributed by atoms with Crippen LogP contribution < -0.4 is 14.8 Å². The molecule has 1 aliphatic rings. The van der Waals surface area contributed by atoms with Gasteiger partial charge in [0.05, 0.1) is 18.0 Å². The fraction of sp³-hybridized carbons (Fsp3) is 0.350. The molecule has 2 aromatic carbocycles. The number of methoxy groups -OCH3 is 1. The molecule has 27 heavy (non-hydrogen) atoms. The Morgan fingerprint density at radius 2 is 1.78 bits per heavy atom. The summed E-state index contributed by atoms with van der Waals surface area (Å²) in [4.78, 5) is 12.6. The SMILES string of the molecule is COc1ccc(S(=O)(=O)N[C@H](C)C(=O)Nc2cccc3c2CCCC3)cc1. The Morgan fingerprint density at radius 1 is 1.07 bits per heavy atom. The third kappa shape index (κ3) is 4.48. The Kier molecular flexibility index (Phi) is 5.82. The van der Waals surface area contributed by atoms with Crippen LogP contribution in [0, 0.1) is 0 Å². The lowest BCUT2D eigenvalue weighted by atomic mass is 9.90. The average molecular weight is 388 g/mol. The predicted octanol–water partition coefficient (Wildman–Crippen LogP) is 2.88. The zero-order valence-corrected chi connectivity index (χ0v) is 16.3. The van der Waals surface area contributed by atoms with Crippen LogP contribution >= 0.6 is 0 Å². The first-order valence-electron chi connectivity index (χ1n) is 8.99. The maximum absolute atomic E-state index is 12.5. The molecule has 1 aliphatic carbocycles. The molecule has 2 aromatic rings. The molecule has 0 bridgehead atoms. The van der Waals surface area contributed by atoms with Crippen molar-refractivity contribution < 1.29 is 17.9 Å². The Morgan fingerprint density at radius 3 is 2.48 bits per heavy atom. The van der Waals surface area contributed by atoms with Crippen molar-refractivity contribution in [1.82, 2.24) is 4.72 Å². The van der Waals surface area contributed by atoms with Crippen LogP contribution in [0.4, 0.5) is 5.69 Å². The lowest BCUT2D eigenvalue weighted by Crippen LogP contribution is -2.41. The van der Waals surface area contributed by atoms with Crippen molar-refractivity contribution >= 4 is 21.6 Å². The normalized spacial score (nSPS) is 14.9. The van der Waals surface area contributed by atoms with Gasteiger partial charge in [-0.1, -0.05) is 12.1 Å². The van der Waals surface area contributed by atoms with Gasteiger partial charge in [0.2, 0.25) is 15.9 Å². The molecule has 0 heterocycles. The van der Waals surface area contributed by atoms with E-state index in [2.05, 4.69) is 16.1 Å². The van der Waals surface area contributed by atoms with E-state index in [0.29, 0.717) is 5.75 Å². The summed E-state index contributed by atoms with van der Waals surface area (Å²) in [5.41, 5.74) is 3.18. The van der Waals surface area contributed by atoms with Gasteiger partial charge >= 0.3 is 0 Å². The van der Waals surface area contributed by atoms with E-state index >= 15 is 0 Å². The number of nitrogens with one attached hydrogen (secondary N) is 2. The second-order valence-corrected chi connectivity index (χ2v) is 8.37. The van der Waals surface area contributed by atoms with Crippen LogP contribution in [-0.2, 0) is 27.7 Å². The quantitative estimate of drug-likeness (QED) is 0.797. The molecule has 0 saturated heterocycles. The highest BCUT2D eigenvalue weighted by molar-refractivity contribution is 7.89. The van der Waals surface area contributed by atoms with Crippen LogP contribution in [0.1, 0.15) is 30.9 Å². The topological polar surface area (TPSA) is 84.5 Å². The number of hydrogen-bond acceptors (Lipinski definition) is 4. The van der Waals surface area contributed by atoms with Gasteiger partial charge in [0, 0.05) is 5.69 Å². The Bertz CT molecular complexity index is 923. The third-order valence-corrected chi connectivity index (χ3v) is 6.31. The van der Waals surface area contributed by atoms with E-state index in [4.69, 9.17) is 4.74 Å². The van der Waals surface area contributed by atoms with Crippen LogP contribution in [0.15, 0.2) is 47.4 Å². The van der Waals surface area contributed by atoms with Crippen molar-refractivity contribution in [3.63, 3.8) is 0 Å². The van der Waals surface area contributed by atoms with E-state index in [1.807, 2.05) is 12.1 Å². The molecule has 0 saturated carbocycles. The molecule has 0 spiro atoms. The summed E-state index contributed by atoms with van der Waals surface area (Å²) in [5, 5.41) is 2.88. The van der Waals surface area contributed by atoms with Gasteiger partial charge in [-0.3, -0.25) is 4.79 Å². The van der Waals surface area contributed by atoms with Gasteiger partial charge in [0.25, 0.3) is 0 Å². The number of amides is 1. The van der Waals surface area contributed by atoms with E-state index < -0.39 is 16.1 Å². The number of anilines is 1. The van der Waals surface area contributed by atoms with Crippen LogP contribution in [0.3, 0.4) is 0 Å². The summed E-state index contributed by atoms with van der Waals surface area (Å²) >= 11 is 0. The number of rotatable bonds is 6. The molecular weight excluding hydrogens is 364 g/mol. The smallest absolute Gasteiger partial charge is 0.242 e. The number of benzene rings is 2. The van der Waals surface area contributed by atoms with Crippen LogP contribution in [0.25, 0.3) is 0 Å². The van der Waals surface area contributed by atoms with Gasteiger partial charge in [-0.05, 0) is 74.1 Å². The van der Waals surface area contributed by atoms with E-state index in [1.54, 1.807) is 12.1 Å². The van der Waals surface area contributed by atoms with Crippen molar-refractivity contribution in [2.75, 3.05) is 12.4 Å². The van der Waals surface area contributed by atoms with E-state index in [-0.39, 0.29) is 10.8 Å². The highest BCUT2D eigenvalue weighted by atomic mass is 32.2. The van der Waals surface area contributed by atoms with Crippen molar-refractivity contribution in [3.8, 4) is 5.75 Å². The van der Waals surface area contributed by atoms with Gasteiger partial charge in [-0.25, -0.2) is 8.42 Å². The molecule has 1 amide bonds. The fourth-order valence-corrected chi connectivity index (χ4v) is 4.45. The van der Waals surface area contributed by atoms with Crippen LogP contribution in [-0.4, -0.2) is 27.5 Å². The zero-order chi connectivity index (χ0) is 19.4. The number of carbonyl (C=O) groups is 1. The van der Waals surface area contributed by atoms with Gasteiger partial charge in [-0.15, -0.1) is 0 Å². The summed E-state index contributed by atoms with van der Waals surface area (Å²) in [6.45, 7) is 1.53. The number of hydrogen-bond donors (Lipinski definition) is 2. The maximum atomic E-state index is 12.5. The summed E-state index contributed by atoms with van der Waals surface area (Å²) < 4.78 is 32.5. The number of sulfonamides is 1. The highest BCUT2D eigenvalue weighted by Gasteiger charge is 2.23. The largest absolute Gasteiger partial charge is 0.497 e. The Hall–Kier alpha value is -2.38. The maximum Gasteiger partial charge on any atom is 0.242 e. The second-order valence-electron chi connectivity index (χ2n) is 6.66. The molecular formula is C20H24N2O4S. The van der Waals surface area contributed by atoms with Crippen LogP contribution in [0.2, 0.25) is 0 Å². The van der Waals surface area contributed by atoms with Crippen molar-refractivity contribution in [2.24, 2.45) is 0 Å². The lowest BCUT2D eigenvalue weighted by molar-refractivity contribution is -0.117. The molecule has 3 rings (SSSR count). The highest BCUT2D eigenvalue weighted by Crippen LogP contribution is 2.28. The molecule has 0 aromatic heterocycles. The summed E-state index contributed by atoms with van der Waals surface area (Å²) in [7, 11) is -2.30. The van der Waals surface area contributed by atoms with Gasteiger partial charge < -0.3 is 10.1 Å². The molecule has 2 N–H and O–H groups in total.